The van der Waals surface area contributed by atoms with E-state index in [2.05, 4.69) is 20.4 Å². The van der Waals surface area contributed by atoms with Gasteiger partial charge in [0.05, 0.1) is 18.5 Å². The maximum Gasteiger partial charge on any atom is 0.327 e. The van der Waals surface area contributed by atoms with Crippen molar-refractivity contribution in [3.8, 4) is 0 Å². The van der Waals surface area contributed by atoms with Crippen molar-refractivity contribution >= 4 is 28.6 Å². The second kappa shape index (κ2) is 5.84. The zero-order valence-electron chi connectivity index (χ0n) is 12.4. The third-order valence-electron chi connectivity index (χ3n) is 3.09. The molecule has 8 nitrogen and oxygen atoms in total. The number of esters is 1. The van der Waals surface area contributed by atoms with Crippen LogP contribution in [0.4, 0.5) is 11.6 Å². The van der Waals surface area contributed by atoms with Crippen LogP contribution in [0.3, 0.4) is 0 Å². The van der Waals surface area contributed by atoms with E-state index in [1.165, 1.54) is 4.68 Å². The van der Waals surface area contributed by atoms with Gasteiger partial charge in [-0.05, 0) is 13.0 Å². The number of nitrogens with zero attached hydrogens (tertiary/aromatic N) is 5. The summed E-state index contributed by atoms with van der Waals surface area (Å²) in [6.45, 7) is 2.20. The third-order valence-corrected chi connectivity index (χ3v) is 3.09. The fourth-order valence-corrected chi connectivity index (χ4v) is 2.09. The van der Waals surface area contributed by atoms with Crippen LogP contribution < -0.4 is 5.32 Å². The molecular weight excluding hydrogens is 284 g/mol. The standard InChI is InChI=1S/C14H16N6O2/c1-3-22-12(21)9-20-8-11(7-16-20)17-14-15-6-10-4-5-19(2)13(10)18-14/h4-8H,3,9H2,1-2H3,(H,15,17,18). The molecule has 1 N–H and O–H groups in total. The van der Waals surface area contributed by atoms with Crippen molar-refractivity contribution in [2.24, 2.45) is 7.05 Å². The Morgan fingerprint density at radius 1 is 1.41 bits per heavy atom. The van der Waals surface area contributed by atoms with Crippen molar-refractivity contribution in [3.63, 3.8) is 0 Å². The number of nitrogens with one attached hydrogen (secondary N) is 1. The monoisotopic (exact) mass is 300 g/mol. The maximum absolute atomic E-state index is 11.4. The van der Waals surface area contributed by atoms with Gasteiger partial charge in [-0.2, -0.15) is 10.1 Å². The van der Waals surface area contributed by atoms with Gasteiger partial charge in [-0.1, -0.05) is 0 Å². The van der Waals surface area contributed by atoms with Crippen LogP contribution in [0.15, 0.2) is 30.9 Å². The SMILES string of the molecule is CCOC(=O)Cn1cc(Nc2ncc3ccn(C)c3n2)cn1. The molecule has 0 saturated heterocycles. The zero-order chi connectivity index (χ0) is 15.5. The Morgan fingerprint density at radius 3 is 3.09 bits per heavy atom. The fourth-order valence-electron chi connectivity index (χ4n) is 2.09. The first-order valence-corrected chi connectivity index (χ1v) is 6.89. The number of rotatable bonds is 5. The normalized spacial score (nSPS) is 10.8. The average Bonchev–Trinajstić information content (AvgIpc) is 3.07. The van der Waals surface area contributed by atoms with Crippen LogP contribution in [0.5, 0.6) is 0 Å². The van der Waals surface area contributed by atoms with Crippen LogP contribution in [-0.4, -0.2) is 36.9 Å². The van der Waals surface area contributed by atoms with Crippen LogP contribution in [0.25, 0.3) is 11.0 Å². The largest absolute Gasteiger partial charge is 0.465 e. The minimum atomic E-state index is -0.321. The Balaban J connectivity index is 1.73. The molecule has 3 aromatic rings. The van der Waals surface area contributed by atoms with Crippen molar-refractivity contribution in [1.82, 2.24) is 24.3 Å². The van der Waals surface area contributed by atoms with E-state index in [4.69, 9.17) is 4.74 Å². The van der Waals surface area contributed by atoms with Gasteiger partial charge in [0.15, 0.2) is 0 Å². The van der Waals surface area contributed by atoms with E-state index in [-0.39, 0.29) is 12.5 Å². The quantitative estimate of drug-likeness (QED) is 0.718. The van der Waals surface area contributed by atoms with Gasteiger partial charge < -0.3 is 14.6 Å². The Morgan fingerprint density at radius 2 is 2.27 bits per heavy atom. The summed E-state index contributed by atoms with van der Waals surface area (Å²) in [6, 6.07) is 1.95. The van der Waals surface area contributed by atoms with Gasteiger partial charge in [0.25, 0.3) is 0 Å². The Bertz CT molecular complexity index is 807. The topological polar surface area (TPSA) is 86.9 Å². The van der Waals surface area contributed by atoms with Gasteiger partial charge in [-0.25, -0.2) is 4.98 Å². The van der Waals surface area contributed by atoms with Gasteiger partial charge in [-0.3, -0.25) is 9.48 Å². The van der Waals surface area contributed by atoms with Crippen molar-refractivity contribution in [2.75, 3.05) is 11.9 Å². The molecule has 3 rings (SSSR count). The third kappa shape index (κ3) is 2.90. The highest BCUT2D eigenvalue weighted by molar-refractivity contribution is 5.76. The predicted octanol–water partition coefficient (Wildman–Crippen LogP) is 1.47. The molecule has 0 fully saturated rings. The highest BCUT2D eigenvalue weighted by Gasteiger charge is 2.07. The lowest BCUT2D eigenvalue weighted by Gasteiger charge is -2.03. The lowest BCUT2D eigenvalue weighted by molar-refractivity contribution is -0.144. The summed E-state index contributed by atoms with van der Waals surface area (Å²) >= 11 is 0. The number of carbonyl (C=O) groups is 1. The first-order valence-electron chi connectivity index (χ1n) is 6.89. The van der Waals surface area contributed by atoms with Gasteiger partial charge in [0, 0.05) is 31.0 Å². The highest BCUT2D eigenvalue weighted by atomic mass is 16.5. The van der Waals surface area contributed by atoms with E-state index < -0.39 is 0 Å². The van der Waals surface area contributed by atoms with E-state index in [9.17, 15) is 4.79 Å². The summed E-state index contributed by atoms with van der Waals surface area (Å²) in [5, 5.41) is 8.14. The molecule has 8 heteroatoms. The number of hydrogen-bond donors (Lipinski definition) is 1. The predicted molar refractivity (Wildman–Crippen MR) is 80.7 cm³/mol. The number of hydrogen-bond acceptors (Lipinski definition) is 6. The highest BCUT2D eigenvalue weighted by Crippen LogP contribution is 2.16. The molecule has 0 aliphatic heterocycles. The minimum Gasteiger partial charge on any atom is -0.465 e. The zero-order valence-corrected chi connectivity index (χ0v) is 12.4. The second-order valence-electron chi connectivity index (χ2n) is 4.76. The molecule has 0 radical (unpaired) electrons. The summed E-state index contributed by atoms with van der Waals surface area (Å²) < 4.78 is 8.30. The molecule has 114 valence electrons. The second-order valence-corrected chi connectivity index (χ2v) is 4.76. The fraction of sp³-hybridized carbons (Fsp3) is 0.286. The smallest absolute Gasteiger partial charge is 0.327 e. The molecule has 0 aromatic carbocycles. The molecular formula is C14H16N6O2. The summed E-state index contributed by atoms with van der Waals surface area (Å²) in [5.74, 6) is 0.156. The molecule has 0 amide bonds. The molecule has 0 spiro atoms. The van der Waals surface area contributed by atoms with Gasteiger partial charge in [-0.15, -0.1) is 0 Å². The number of ether oxygens (including phenoxy) is 1. The van der Waals surface area contributed by atoms with E-state index in [0.29, 0.717) is 18.2 Å². The number of aryl methyl sites for hydroxylation is 1. The first kappa shape index (κ1) is 14.1. The van der Waals surface area contributed by atoms with Crippen molar-refractivity contribution in [1.29, 1.82) is 0 Å². The molecule has 0 aliphatic rings. The van der Waals surface area contributed by atoms with E-state index in [0.717, 1.165) is 11.0 Å². The lowest BCUT2D eigenvalue weighted by Crippen LogP contribution is -2.13. The summed E-state index contributed by atoms with van der Waals surface area (Å²) in [4.78, 5) is 20.1. The van der Waals surface area contributed by atoms with Crippen LogP contribution in [0.2, 0.25) is 0 Å². The van der Waals surface area contributed by atoms with Crippen LogP contribution >= 0.6 is 0 Å². The molecule has 0 aliphatic carbocycles. The molecule has 0 unspecified atom stereocenters. The Kier molecular flexibility index (Phi) is 3.73. The van der Waals surface area contributed by atoms with Crippen molar-refractivity contribution < 1.29 is 9.53 Å². The van der Waals surface area contributed by atoms with Crippen LogP contribution in [0.1, 0.15) is 6.92 Å². The molecule has 3 aromatic heterocycles. The molecule has 0 atom stereocenters. The molecule has 22 heavy (non-hydrogen) atoms. The van der Waals surface area contributed by atoms with Gasteiger partial charge >= 0.3 is 5.97 Å². The number of carbonyl (C=O) groups excluding carboxylic acids is 1. The summed E-state index contributed by atoms with van der Waals surface area (Å²) in [6.07, 6.45) is 7.00. The molecule has 0 saturated carbocycles. The van der Waals surface area contributed by atoms with Crippen molar-refractivity contribution in [3.05, 3.63) is 30.9 Å². The molecule has 3 heterocycles. The molecule has 0 bridgehead atoms. The number of anilines is 2. The lowest BCUT2D eigenvalue weighted by atomic mass is 10.4. The minimum absolute atomic E-state index is 0.0766. The number of aromatic nitrogens is 5. The van der Waals surface area contributed by atoms with Crippen LogP contribution in [0, 0.1) is 0 Å². The maximum atomic E-state index is 11.4. The average molecular weight is 300 g/mol. The van der Waals surface area contributed by atoms with E-state index in [1.807, 2.05) is 23.9 Å². The van der Waals surface area contributed by atoms with E-state index >= 15 is 0 Å². The summed E-state index contributed by atoms with van der Waals surface area (Å²) in [5.41, 5.74) is 1.55. The number of fused-ring (bicyclic) bond motifs is 1. The Labute approximate surface area is 126 Å². The summed E-state index contributed by atoms with van der Waals surface area (Å²) in [7, 11) is 1.93. The first-order chi connectivity index (χ1) is 10.7. The van der Waals surface area contributed by atoms with Crippen molar-refractivity contribution in [2.45, 2.75) is 13.5 Å². The van der Waals surface area contributed by atoms with Crippen LogP contribution in [-0.2, 0) is 23.1 Å². The van der Waals surface area contributed by atoms with E-state index in [1.54, 1.807) is 25.5 Å². The van der Waals surface area contributed by atoms with Gasteiger partial charge in [0.2, 0.25) is 5.95 Å². The van der Waals surface area contributed by atoms with Gasteiger partial charge in [0.1, 0.15) is 12.2 Å². The Hall–Kier alpha value is -2.90.